The van der Waals surface area contributed by atoms with E-state index in [0.717, 1.165) is 23.5 Å². The largest absolute Gasteiger partial charge is 0.492 e. The molecular formula is C11H16ClNO3. The standard InChI is InChI=1S/C11H15NO3.ClH/c1-7(12)5-8-3-4-9-11(10(8)13-2)15-6-14-9;/h3-4,7H,5-6,12H2,1-2H3;1H. The monoisotopic (exact) mass is 245 g/mol. The van der Waals surface area contributed by atoms with Gasteiger partial charge in [0, 0.05) is 6.04 Å². The second-order valence-corrected chi connectivity index (χ2v) is 3.67. The SMILES string of the molecule is COc1c(CC(C)N)ccc2c1OCO2.Cl. The predicted molar refractivity (Wildman–Crippen MR) is 63.7 cm³/mol. The Morgan fingerprint density at radius 1 is 1.44 bits per heavy atom. The van der Waals surface area contributed by atoms with Crippen LogP contribution in [0.1, 0.15) is 12.5 Å². The van der Waals surface area contributed by atoms with Crippen LogP contribution in [0.5, 0.6) is 17.2 Å². The maximum absolute atomic E-state index is 5.77. The number of rotatable bonds is 3. The first-order valence-electron chi connectivity index (χ1n) is 4.93. The Kier molecular flexibility index (Phi) is 4.26. The summed E-state index contributed by atoms with van der Waals surface area (Å²) in [5.74, 6) is 2.17. The minimum absolute atomic E-state index is 0. The average molecular weight is 246 g/mol. The van der Waals surface area contributed by atoms with Gasteiger partial charge in [-0.3, -0.25) is 0 Å². The highest BCUT2D eigenvalue weighted by Crippen LogP contribution is 2.43. The zero-order valence-electron chi connectivity index (χ0n) is 9.36. The molecule has 0 spiro atoms. The van der Waals surface area contributed by atoms with Gasteiger partial charge < -0.3 is 19.9 Å². The molecule has 0 saturated heterocycles. The fourth-order valence-corrected chi connectivity index (χ4v) is 1.72. The number of halogens is 1. The molecule has 2 N–H and O–H groups in total. The van der Waals surface area contributed by atoms with E-state index in [0.29, 0.717) is 5.75 Å². The number of hydrogen-bond donors (Lipinski definition) is 1. The molecule has 0 bridgehead atoms. The van der Waals surface area contributed by atoms with Crippen LogP contribution in [0.2, 0.25) is 0 Å². The van der Waals surface area contributed by atoms with E-state index in [2.05, 4.69) is 0 Å². The van der Waals surface area contributed by atoms with E-state index in [1.807, 2.05) is 19.1 Å². The third-order valence-corrected chi connectivity index (χ3v) is 2.32. The first-order valence-corrected chi connectivity index (χ1v) is 4.93. The molecule has 1 atom stereocenters. The first-order chi connectivity index (χ1) is 7.22. The van der Waals surface area contributed by atoms with Crippen LogP contribution in [0.25, 0.3) is 0 Å². The van der Waals surface area contributed by atoms with E-state index in [-0.39, 0.29) is 25.2 Å². The van der Waals surface area contributed by atoms with Crippen molar-refractivity contribution in [3.05, 3.63) is 17.7 Å². The van der Waals surface area contributed by atoms with E-state index in [9.17, 15) is 0 Å². The van der Waals surface area contributed by atoms with E-state index in [1.54, 1.807) is 7.11 Å². The summed E-state index contributed by atoms with van der Waals surface area (Å²) in [7, 11) is 1.63. The van der Waals surface area contributed by atoms with Crippen LogP contribution in [-0.2, 0) is 6.42 Å². The van der Waals surface area contributed by atoms with Gasteiger partial charge >= 0.3 is 0 Å². The minimum Gasteiger partial charge on any atom is -0.492 e. The van der Waals surface area contributed by atoms with Crippen molar-refractivity contribution in [2.75, 3.05) is 13.9 Å². The summed E-state index contributed by atoms with van der Waals surface area (Å²) in [5.41, 5.74) is 6.82. The van der Waals surface area contributed by atoms with E-state index in [4.69, 9.17) is 19.9 Å². The van der Waals surface area contributed by atoms with E-state index >= 15 is 0 Å². The smallest absolute Gasteiger partial charge is 0.231 e. The molecule has 0 aliphatic carbocycles. The lowest BCUT2D eigenvalue weighted by molar-refractivity contribution is 0.171. The van der Waals surface area contributed by atoms with Crippen molar-refractivity contribution >= 4 is 12.4 Å². The lowest BCUT2D eigenvalue weighted by Crippen LogP contribution is -2.18. The second kappa shape index (κ2) is 5.27. The Hall–Kier alpha value is -1.13. The lowest BCUT2D eigenvalue weighted by Gasteiger charge is -2.12. The summed E-state index contributed by atoms with van der Waals surface area (Å²) in [6.07, 6.45) is 0.764. The number of benzene rings is 1. The summed E-state index contributed by atoms with van der Waals surface area (Å²) in [4.78, 5) is 0. The topological polar surface area (TPSA) is 53.7 Å². The maximum Gasteiger partial charge on any atom is 0.231 e. The van der Waals surface area contributed by atoms with Crippen LogP contribution in [-0.4, -0.2) is 19.9 Å². The first kappa shape index (κ1) is 12.9. The van der Waals surface area contributed by atoms with E-state index < -0.39 is 0 Å². The second-order valence-electron chi connectivity index (χ2n) is 3.67. The van der Waals surface area contributed by atoms with Crippen LogP contribution in [0.15, 0.2) is 12.1 Å². The van der Waals surface area contributed by atoms with Crippen LogP contribution in [0, 0.1) is 0 Å². The zero-order valence-corrected chi connectivity index (χ0v) is 10.2. The average Bonchev–Trinajstić information content (AvgIpc) is 2.64. The van der Waals surface area contributed by atoms with E-state index in [1.165, 1.54) is 0 Å². The molecule has 0 saturated carbocycles. The fourth-order valence-electron chi connectivity index (χ4n) is 1.72. The van der Waals surface area contributed by atoms with Crippen molar-refractivity contribution in [3.8, 4) is 17.2 Å². The summed E-state index contributed by atoms with van der Waals surface area (Å²) >= 11 is 0. The Labute approximate surface area is 101 Å². The Bertz CT molecular complexity index is 368. The van der Waals surface area contributed by atoms with Gasteiger partial charge in [0.2, 0.25) is 12.5 Å². The molecule has 0 radical (unpaired) electrons. The van der Waals surface area contributed by atoms with Gasteiger partial charge in [0.15, 0.2) is 11.5 Å². The van der Waals surface area contributed by atoms with Crippen molar-refractivity contribution in [1.82, 2.24) is 0 Å². The Morgan fingerprint density at radius 3 is 2.81 bits per heavy atom. The highest BCUT2D eigenvalue weighted by Gasteiger charge is 2.21. The van der Waals surface area contributed by atoms with Crippen molar-refractivity contribution in [2.24, 2.45) is 5.73 Å². The number of ether oxygens (including phenoxy) is 3. The molecule has 1 aliphatic heterocycles. The number of fused-ring (bicyclic) bond motifs is 1. The quantitative estimate of drug-likeness (QED) is 0.881. The zero-order chi connectivity index (χ0) is 10.8. The van der Waals surface area contributed by atoms with Crippen LogP contribution >= 0.6 is 12.4 Å². The van der Waals surface area contributed by atoms with Crippen molar-refractivity contribution in [1.29, 1.82) is 0 Å². The van der Waals surface area contributed by atoms with Gasteiger partial charge in [-0.1, -0.05) is 6.07 Å². The number of nitrogens with two attached hydrogens (primary N) is 1. The molecule has 0 amide bonds. The highest BCUT2D eigenvalue weighted by molar-refractivity contribution is 5.85. The van der Waals surface area contributed by atoms with Gasteiger partial charge in [0.25, 0.3) is 0 Å². The summed E-state index contributed by atoms with van der Waals surface area (Å²) in [6, 6.07) is 3.96. The molecule has 1 unspecified atom stereocenters. The third-order valence-electron chi connectivity index (χ3n) is 2.32. The van der Waals surface area contributed by atoms with Gasteiger partial charge in [-0.2, -0.15) is 0 Å². The molecule has 5 heteroatoms. The molecule has 4 nitrogen and oxygen atoms in total. The Balaban J connectivity index is 0.00000128. The van der Waals surface area contributed by atoms with Crippen LogP contribution in [0.3, 0.4) is 0 Å². The summed E-state index contributed by atoms with van der Waals surface area (Å²) < 4.78 is 16.0. The molecular weight excluding hydrogens is 230 g/mol. The fraction of sp³-hybridized carbons (Fsp3) is 0.455. The van der Waals surface area contributed by atoms with Crippen molar-refractivity contribution in [3.63, 3.8) is 0 Å². The molecule has 1 aliphatic rings. The lowest BCUT2D eigenvalue weighted by atomic mass is 10.1. The molecule has 90 valence electrons. The number of methoxy groups -OCH3 is 1. The molecule has 1 aromatic carbocycles. The minimum atomic E-state index is 0. The maximum atomic E-state index is 5.77. The molecule has 2 rings (SSSR count). The van der Waals surface area contributed by atoms with Crippen molar-refractivity contribution < 1.29 is 14.2 Å². The van der Waals surface area contributed by atoms with Gasteiger partial charge in [-0.25, -0.2) is 0 Å². The molecule has 0 fully saturated rings. The summed E-state index contributed by atoms with van der Waals surface area (Å²) in [5, 5.41) is 0. The highest BCUT2D eigenvalue weighted by atomic mass is 35.5. The molecule has 0 aromatic heterocycles. The normalized spacial score (nSPS) is 14.2. The summed E-state index contributed by atoms with van der Waals surface area (Å²) in [6.45, 7) is 2.22. The van der Waals surface area contributed by atoms with Gasteiger partial charge in [-0.05, 0) is 25.0 Å². The molecule has 16 heavy (non-hydrogen) atoms. The predicted octanol–water partition coefficient (Wildman–Crippen LogP) is 1.74. The van der Waals surface area contributed by atoms with Gasteiger partial charge in [0.05, 0.1) is 7.11 Å². The molecule has 1 heterocycles. The van der Waals surface area contributed by atoms with Gasteiger partial charge in [0.1, 0.15) is 0 Å². The molecule has 1 aromatic rings. The van der Waals surface area contributed by atoms with Crippen molar-refractivity contribution in [2.45, 2.75) is 19.4 Å². The van der Waals surface area contributed by atoms with Crippen LogP contribution < -0.4 is 19.9 Å². The number of hydrogen-bond acceptors (Lipinski definition) is 4. The third kappa shape index (κ3) is 2.33. The van der Waals surface area contributed by atoms with Gasteiger partial charge in [-0.15, -0.1) is 12.4 Å². The Morgan fingerprint density at radius 2 is 2.19 bits per heavy atom. The van der Waals surface area contributed by atoms with Crippen LogP contribution in [0.4, 0.5) is 0 Å².